The monoisotopic (exact) mass is 258 g/mol. The lowest BCUT2D eigenvalue weighted by molar-refractivity contribution is 0.0588. The number of aliphatic hydroxyl groups is 1. The fourth-order valence-corrected chi connectivity index (χ4v) is 2.18. The first-order chi connectivity index (χ1) is 8.04. The van der Waals surface area contributed by atoms with Crippen LogP contribution in [0.25, 0.3) is 0 Å². The zero-order valence-corrected chi connectivity index (χ0v) is 10.8. The zero-order chi connectivity index (χ0) is 12.8. The first-order valence-corrected chi connectivity index (χ1v) is 6.17. The van der Waals surface area contributed by atoms with E-state index < -0.39 is 6.10 Å². The number of thiophene rings is 1. The smallest absolute Gasteiger partial charge is 0.261 e. The van der Waals surface area contributed by atoms with E-state index in [2.05, 4.69) is 5.32 Å². The molecule has 1 aromatic rings. The first-order valence-electron chi connectivity index (χ1n) is 5.35. The summed E-state index contributed by atoms with van der Waals surface area (Å²) in [5, 5.41) is 12.1. The molecule has 1 aromatic heterocycles. The quantitative estimate of drug-likeness (QED) is 0.703. The number of hydrogen-bond acceptors (Lipinski definition) is 5. The molecule has 1 amide bonds. The highest BCUT2D eigenvalue weighted by atomic mass is 32.1. The molecular formula is C11H18N2O3S. The molecule has 0 aliphatic heterocycles. The molecule has 0 bridgehead atoms. The van der Waals surface area contributed by atoms with Crippen molar-refractivity contribution < 1.29 is 14.6 Å². The van der Waals surface area contributed by atoms with Gasteiger partial charge in [-0.2, -0.15) is 0 Å². The average Bonchev–Trinajstić information content (AvgIpc) is 2.59. The molecule has 0 fully saturated rings. The second-order valence-electron chi connectivity index (χ2n) is 3.78. The molecule has 0 saturated heterocycles. The van der Waals surface area contributed by atoms with E-state index in [1.165, 1.54) is 18.4 Å². The molecule has 0 aliphatic rings. The molecule has 1 unspecified atom stereocenters. The summed E-state index contributed by atoms with van der Waals surface area (Å²) in [7, 11) is 1.53. The Kier molecular flexibility index (Phi) is 5.40. The topological polar surface area (TPSA) is 84.6 Å². The molecule has 0 spiro atoms. The van der Waals surface area contributed by atoms with Crippen molar-refractivity contribution in [3.05, 3.63) is 15.8 Å². The van der Waals surface area contributed by atoms with Gasteiger partial charge in [-0.1, -0.05) is 0 Å². The van der Waals surface area contributed by atoms with Gasteiger partial charge in [-0.05, 0) is 19.4 Å². The number of nitrogen functional groups attached to an aromatic ring is 1. The predicted molar refractivity (Wildman–Crippen MR) is 68.3 cm³/mol. The van der Waals surface area contributed by atoms with Crippen molar-refractivity contribution in [3.8, 4) is 0 Å². The molecule has 17 heavy (non-hydrogen) atoms. The van der Waals surface area contributed by atoms with E-state index in [1.54, 1.807) is 6.07 Å². The van der Waals surface area contributed by atoms with E-state index in [4.69, 9.17) is 10.5 Å². The summed E-state index contributed by atoms with van der Waals surface area (Å²) in [5.41, 5.74) is 6.31. The van der Waals surface area contributed by atoms with Gasteiger partial charge in [-0.3, -0.25) is 4.79 Å². The largest absolute Gasteiger partial charge is 0.398 e. The van der Waals surface area contributed by atoms with Gasteiger partial charge >= 0.3 is 0 Å². The normalized spacial score (nSPS) is 12.4. The first kappa shape index (κ1) is 14.0. The van der Waals surface area contributed by atoms with E-state index >= 15 is 0 Å². The molecule has 0 aromatic carbocycles. The molecule has 0 radical (unpaired) electrons. The van der Waals surface area contributed by atoms with Crippen molar-refractivity contribution in [3.63, 3.8) is 0 Å². The number of nitrogens with one attached hydrogen (secondary N) is 1. The number of aryl methyl sites for hydroxylation is 1. The van der Waals surface area contributed by atoms with E-state index in [-0.39, 0.29) is 12.5 Å². The van der Waals surface area contributed by atoms with Crippen LogP contribution in [0.1, 0.15) is 21.0 Å². The zero-order valence-electron chi connectivity index (χ0n) is 10.0. The van der Waals surface area contributed by atoms with Crippen LogP contribution in [-0.4, -0.2) is 37.4 Å². The van der Waals surface area contributed by atoms with Crippen LogP contribution in [0.2, 0.25) is 0 Å². The van der Waals surface area contributed by atoms with Crippen molar-refractivity contribution in [2.45, 2.75) is 19.4 Å². The third-order valence-corrected chi connectivity index (χ3v) is 3.37. The van der Waals surface area contributed by atoms with Crippen molar-refractivity contribution >= 4 is 22.9 Å². The Labute approximate surface area is 105 Å². The van der Waals surface area contributed by atoms with Crippen LogP contribution >= 0.6 is 11.3 Å². The van der Waals surface area contributed by atoms with Gasteiger partial charge in [0.1, 0.15) is 0 Å². The number of carbonyl (C=O) groups excluding carboxylic acids is 1. The number of carbonyl (C=O) groups is 1. The number of hydrogen-bond donors (Lipinski definition) is 3. The number of methoxy groups -OCH3 is 1. The van der Waals surface area contributed by atoms with Gasteiger partial charge in [-0.15, -0.1) is 11.3 Å². The van der Waals surface area contributed by atoms with Gasteiger partial charge in [0.2, 0.25) is 0 Å². The highest BCUT2D eigenvalue weighted by Gasteiger charge is 2.11. The van der Waals surface area contributed by atoms with Gasteiger partial charge in [0.15, 0.2) is 0 Å². The predicted octanol–water partition coefficient (Wildman–Crippen LogP) is 0.766. The Morgan fingerprint density at radius 3 is 2.94 bits per heavy atom. The molecule has 96 valence electrons. The minimum Gasteiger partial charge on any atom is -0.398 e. The van der Waals surface area contributed by atoms with Crippen molar-refractivity contribution in [1.29, 1.82) is 0 Å². The fourth-order valence-electron chi connectivity index (χ4n) is 1.32. The lowest BCUT2D eigenvalue weighted by Gasteiger charge is -2.09. The fraction of sp³-hybridized carbons (Fsp3) is 0.545. The molecule has 5 nitrogen and oxygen atoms in total. The number of rotatable bonds is 6. The van der Waals surface area contributed by atoms with E-state index in [0.717, 1.165) is 4.88 Å². The standard InChI is InChI=1S/C11H18N2O3S/c1-7-9(12)5-10(17-7)11(15)13-4-3-8(14)6-16-2/h5,8,14H,3-4,6,12H2,1-2H3,(H,13,15). The summed E-state index contributed by atoms with van der Waals surface area (Å²) < 4.78 is 4.79. The number of anilines is 1. The molecule has 1 rings (SSSR count). The molecule has 0 saturated carbocycles. The molecule has 4 N–H and O–H groups in total. The van der Waals surface area contributed by atoms with Crippen LogP contribution in [0, 0.1) is 6.92 Å². The summed E-state index contributed by atoms with van der Waals surface area (Å²) in [6.45, 7) is 2.57. The van der Waals surface area contributed by atoms with Crippen LogP contribution in [0.4, 0.5) is 5.69 Å². The van der Waals surface area contributed by atoms with Crippen molar-refractivity contribution in [2.24, 2.45) is 0 Å². The molecular weight excluding hydrogens is 240 g/mol. The third kappa shape index (κ3) is 4.33. The molecule has 6 heteroatoms. The minimum atomic E-state index is -0.546. The Hall–Kier alpha value is -1.11. The van der Waals surface area contributed by atoms with Gasteiger partial charge in [0.05, 0.1) is 17.6 Å². The molecule has 0 aliphatic carbocycles. The number of amides is 1. The summed E-state index contributed by atoms with van der Waals surface area (Å²) in [4.78, 5) is 13.2. The van der Waals surface area contributed by atoms with Crippen LogP contribution in [-0.2, 0) is 4.74 Å². The maximum Gasteiger partial charge on any atom is 0.261 e. The Bertz CT molecular complexity index is 359. The van der Waals surface area contributed by atoms with E-state index in [1.807, 2.05) is 6.92 Å². The average molecular weight is 258 g/mol. The van der Waals surface area contributed by atoms with Crippen molar-refractivity contribution in [2.75, 3.05) is 26.0 Å². The molecule has 1 heterocycles. The van der Waals surface area contributed by atoms with Gasteiger partial charge in [0, 0.05) is 24.2 Å². The molecule has 1 atom stereocenters. The lowest BCUT2D eigenvalue weighted by Crippen LogP contribution is -2.27. The SMILES string of the molecule is COCC(O)CCNC(=O)c1cc(N)c(C)s1. The third-order valence-electron chi connectivity index (χ3n) is 2.30. The van der Waals surface area contributed by atoms with E-state index in [9.17, 15) is 9.90 Å². The second kappa shape index (κ2) is 6.58. The van der Waals surface area contributed by atoms with Crippen LogP contribution in [0.15, 0.2) is 6.07 Å². The van der Waals surface area contributed by atoms with Crippen molar-refractivity contribution in [1.82, 2.24) is 5.32 Å². The maximum absolute atomic E-state index is 11.7. The number of aliphatic hydroxyl groups excluding tert-OH is 1. The Morgan fingerprint density at radius 2 is 2.41 bits per heavy atom. The summed E-state index contributed by atoms with van der Waals surface area (Å²) in [5.74, 6) is -0.153. The highest BCUT2D eigenvalue weighted by molar-refractivity contribution is 7.14. The van der Waals surface area contributed by atoms with Crippen LogP contribution in [0.5, 0.6) is 0 Å². The van der Waals surface area contributed by atoms with Gasteiger partial charge in [-0.25, -0.2) is 0 Å². The van der Waals surface area contributed by atoms with E-state index in [0.29, 0.717) is 23.5 Å². The summed E-state index contributed by atoms with van der Waals surface area (Å²) >= 11 is 1.37. The Balaban J connectivity index is 2.35. The number of ether oxygens (including phenoxy) is 1. The summed E-state index contributed by atoms with van der Waals surface area (Å²) in [6.07, 6.45) is -0.0742. The van der Waals surface area contributed by atoms with Crippen LogP contribution < -0.4 is 11.1 Å². The summed E-state index contributed by atoms with van der Waals surface area (Å²) in [6, 6.07) is 1.67. The minimum absolute atomic E-state index is 0.153. The second-order valence-corrected chi connectivity index (χ2v) is 5.03. The lowest BCUT2D eigenvalue weighted by atomic mass is 10.2. The highest BCUT2D eigenvalue weighted by Crippen LogP contribution is 2.22. The van der Waals surface area contributed by atoms with Crippen LogP contribution in [0.3, 0.4) is 0 Å². The Morgan fingerprint density at radius 1 is 1.71 bits per heavy atom. The maximum atomic E-state index is 11.7. The van der Waals surface area contributed by atoms with Gasteiger partial charge in [0.25, 0.3) is 5.91 Å². The van der Waals surface area contributed by atoms with Gasteiger partial charge < -0.3 is 20.9 Å². The number of nitrogens with two attached hydrogens (primary N) is 1.